The Labute approximate surface area is 213 Å². The summed E-state index contributed by atoms with van der Waals surface area (Å²) in [5, 5.41) is 13.7. The Morgan fingerprint density at radius 2 is 1.86 bits per heavy atom. The van der Waals surface area contributed by atoms with Crippen molar-refractivity contribution in [2.45, 2.75) is 51.6 Å². The molecule has 1 aromatic heterocycles. The molecular formula is C27H28F2N4O4. The number of rotatable bonds is 4. The number of amides is 2. The molecule has 1 N–H and O–H groups in total. The van der Waals surface area contributed by atoms with Crippen molar-refractivity contribution >= 4 is 17.7 Å². The van der Waals surface area contributed by atoms with Gasteiger partial charge in [-0.3, -0.25) is 9.48 Å². The lowest BCUT2D eigenvalue weighted by Gasteiger charge is -2.36. The summed E-state index contributed by atoms with van der Waals surface area (Å²) in [6.07, 6.45) is 5.21. The maximum absolute atomic E-state index is 14.6. The van der Waals surface area contributed by atoms with Gasteiger partial charge in [0.2, 0.25) is 5.91 Å². The van der Waals surface area contributed by atoms with Gasteiger partial charge in [0.15, 0.2) is 11.6 Å². The highest BCUT2D eigenvalue weighted by Crippen LogP contribution is 2.45. The van der Waals surface area contributed by atoms with Crippen LogP contribution in [0.4, 0.5) is 19.3 Å². The average molecular weight is 511 g/mol. The van der Waals surface area contributed by atoms with Crippen molar-refractivity contribution in [3.05, 3.63) is 59.9 Å². The normalized spacial score (nSPS) is 18.0. The van der Waals surface area contributed by atoms with E-state index in [4.69, 9.17) is 4.74 Å². The van der Waals surface area contributed by atoms with E-state index in [-0.39, 0.29) is 23.7 Å². The van der Waals surface area contributed by atoms with Crippen LogP contribution in [0.2, 0.25) is 0 Å². The summed E-state index contributed by atoms with van der Waals surface area (Å²) in [6, 6.07) is 6.77. The van der Waals surface area contributed by atoms with Crippen LogP contribution in [0.15, 0.2) is 42.7 Å². The largest absolute Gasteiger partial charge is 0.465 e. The molecule has 8 nitrogen and oxygen atoms in total. The number of hydrogen-bond acceptors (Lipinski definition) is 4. The number of halogens is 2. The third kappa shape index (κ3) is 4.75. The fourth-order valence-corrected chi connectivity index (χ4v) is 5.29. The Morgan fingerprint density at radius 3 is 2.57 bits per heavy atom. The molecular weight excluding hydrogens is 482 g/mol. The van der Waals surface area contributed by atoms with Gasteiger partial charge >= 0.3 is 6.09 Å². The summed E-state index contributed by atoms with van der Waals surface area (Å²) >= 11 is 0. The molecule has 2 aliphatic heterocycles. The van der Waals surface area contributed by atoms with Gasteiger partial charge in [0.1, 0.15) is 11.6 Å². The molecule has 2 aromatic carbocycles. The molecule has 2 aliphatic rings. The summed E-state index contributed by atoms with van der Waals surface area (Å²) in [7, 11) is 0. The lowest BCUT2D eigenvalue weighted by Crippen LogP contribution is -2.40. The molecule has 10 heteroatoms. The van der Waals surface area contributed by atoms with Crippen molar-refractivity contribution in [3.63, 3.8) is 0 Å². The third-order valence-electron chi connectivity index (χ3n) is 7.21. The van der Waals surface area contributed by atoms with Crippen LogP contribution in [-0.2, 0) is 11.2 Å². The zero-order valence-corrected chi connectivity index (χ0v) is 20.7. The number of benzene rings is 2. The second kappa shape index (κ2) is 9.84. The zero-order chi connectivity index (χ0) is 26.3. The van der Waals surface area contributed by atoms with E-state index in [0.29, 0.717) is 55.8 Å². The number of aromatic nitrogens is 2. The number of likely N-dealkylation sites (tertiary alicyclic amines) is 1. The zero-order valence-electron chi connectivity index (χ0n) is 20.7. The minimum Gasteiger partial charge on any atom is -0.465 e. The number of carboxylic acid groups (broad SMARTS) is 1. The molecule has 0 radical (unpaired) electrons. The van der Waals surface area contributed by atoms with E-state index < -0.39 is 17.7 Å². The van der Waals surface area contributed by atoms with Crippen molar-refractivity contribution in [1.29, 1.82) is 0 Å². The van der Waals surface area contributed by atoms with Crippen molar-refractivity contribution in [2.75, 3.05) is 18.0 Å². The van der Waals surface area contributed by atoms with Crippen LogP contribution in [0, 0.1) is 11.6 Å². The Kier molecular flexibility index (Phi) is 6.57. The van der Waals surface area contributed by atoms with E-state index >= 15 is 0 Å². The molecule has 194 valence electrons. The summed E-state index contributed by atoms with van der Waals surface area (Å²) in [5.74, 6) is -1.30. The second-order valence-corrected chi connectivity index (χ2v) is 9.60. The molecule has 37 heavy (non-hydrogen) atoms. The lowest BCUT2D eigenvalue weighted by molar-refractivity contribution is -0.117. The highest BCUT2D eigenvalue weighted by atomic mass is 19.1. The second-order valence-electron chi connectivity index (χ2n) is 9.60. The van der Waals surface area contributed by atoms with Crippen LogP contribution in [-0.4, -0.2) is 50.9 Å². The van der Waals surface area contributed by atoms with Crippen LogP contribution in [0.25, 0.3) is 11.1 Å². The Hall–Kier alpha value is -3.95. The number of hydrogen-bond donors (Lipinski definition) is 1. The SMILES string of the molecule is CC(=O)N1c2ccc(-c3cnn(C4CCN(C(=O)O)CC4)c3)c(Oc3cc(F)ccc3F)c2CC[C@@H]1C. The Balaban J connectivity index is 1.55. The van der Waals surface area contributed by atoms with Crippen molar-refractivity contribution < 1.29 is 28.2 Å². The number of ether oxygens (including phenoxy) is 1. The molecule has 0 saturated carbocycles. The quantitative estimate of drug-likeness (QED) is 0.492. The fourth-order valence-electron chi connectivity index (χ4n) is 5.29. The number of fused-ring (bicyclic) bond motifs is 1. The number of nitrogens with zero attached hydrogens (tertiary/aromatic N) is 4. The minimum atomic E-state index is -0.922. The van der Waals surface area contributed by atoms with Gasteiger partial charge in [-0.15, -0.1) is 0 Å². The van der Waals surface area contributed by atoms with Gasteiger partial charge in [0.25, 0.3) is 0 Å². The highest BCUT2D eigenvalue weighted by Gasteiger charge is 2.31. The molecule has 1 saturated heterocycles. The number of anilines is 1. The van der Waals surface area contributed by atoms with Crippen molar-refractivity contribution in [1.82, 2.24) is 14.7 Å². The first kappa shape index (κ1) is 24.7. The van der Waals surface area contributed by atoms with E-state index in [0.717, 1.165) is 29.3 Å². The van der Waals surface area contributed by atoms with Gasteiger partial charge in [-0.05, 0) is 56.9 Å². The van der Waals surface area contributed by atoms with Crippen LogP contribution in [0.5, 0.6) is 11.5 Å². The fraction of sp³-hybridized carbons (Fsp3) is 0.370. The van der Waals surface area contributed by atoms with Gasteiger partial charge in [-0.1, -0.05) is 0 Å². The standard InChI is InChI=1S/C27H28F2N4O4/c1-16-3-5-22-24(33(16)17(2)34)8-6-21(26(22)37-25-13-19(28)4-7-23(25)29)18-14-30-32(15-18)20-9-11-31(12-10-20)27(35)36/h4,6-8,13-16,20H,3,5,9-12H2,1-2H3,(H,35,36)/t16-/m0/s1. The predicted octanol–water partition coefficient (Wildman–Crippen LogP) is 5.62. The smallest absolute Gasteiger partial charge is 0.407 e. The molecule has 0 bridgehead atoms. The number of carbonyl (C=O) groups excluding carboxylic acids is 1. The first-order chi connectivity index (χ1) is 17.7. The maximum Gasteiger partial charge on any atom is 0.407 e. The van der Waals surface area contributed by atoms with Gasteiger partial charge < -0.3 is 19.6 Å². The molecule has 2 amide bonds. The van der Waals surface area contributed by atoms with Crippen LogP contribution < -0.4 is 9.64 Å². The topological polar surface area (TPSA) is 87.9 Å². The molecule has 3 heterocycles. The number of piperidine rings is 1. The van der Waals surface area contributed by atoms with Gasteiger partial charge in [-0.25, -0.2) is 13.6 Å². The Bertz CT molecular complexity index is 1350. The van der Waals surface area contributed by atoms with E-state index in [2.05, 4.69) is 5.10 Å². The third-order valence-corrected chi connectivity index (χ3v) is 7.21. The molecule has 1 fully saturated rings. The molecule has 1 atom stereocenters. The molecule has 0 spiro atoms. The monoisotopic (exact) mass is 510 g/mol. The molecule has 3 aromatic rings. The van der Waals surface area contributed by atoms with Crippen LogP contribution >= 0.6 is 0 Å². The van der Waals surface area contributed by atoms with E-state index in [1.807, 2.05) is 29.9 Å². The summed E-state index contributed by atoms with van der Waals surface area (Å²) in [4.78, 5) is 26.8. The van der Waals surface area contributed by atoms with Crippen LogP contribution in [0.1, 0.15) is 44.7 Å². The molecule has 5 rings (SSSR count). The number of carbonyl (C=O) groups is 2. The summed E-state index contributed by atoms with van der Waals surface area (Å²) < 4.78 is 36.5. The Morgan fingerprint density at radius 1 is 1.11 bits per heavy atom. The first-order valence-corrected chi connectivity index (χ1v) is 12.3. The minimum absolute atomic E-state index is 0.00553. The van der Waals surface area contributed by atoms with Crippen LogP contribution in [0.3, 0.4) is 0 Å². The van der Waals surface area contributed by atoms with E-state index in [1.165, 1.54) is 11.8 Å². The van der Waals surface area contributed by atoms with Gasteiger partial charge in [-0.2, -0.15) is 5.10 Å². The molecule has 0 unspecified atom stereocenters. The highest BCUT2D eigenvalue weighted by molar-refractivity contribution is 5.95. The van der Waals surface area contributed by atoms with Crippen molar-refractivity contribution in [2.24, 2.45) is 0 Å². The van der Waals surface area contributed by atoms with Gasteiger partial charge in [0, 0.05) is 55.0 Å². The summed E-state index contributed by atoms with van der Waals surface area (Å²) in [6.45, 7) is 4.34. The van der Waals surface area contributed by atoms with E-state index in [1.54, 1.807) is 11.1 Å². The lowest BCUT2D eigenvalue weighted by atomic mass is 9.92. The average Bonchev–Trinajstić information content (AvgIpc) is 3.36. The maximum atomic E-state index is 14.6. The van der Waals surface area contributed by atoms with E-state index in [9.17, 15) is 23.5 Å². The summed E-state index contributed by atoms with van der Waals surface area (Å²) in [5.41, 5.74) is 2.81. The predicted molar refractivity (Wildman–Crippen MR) is 133 cm³/mol. The van der Waals surface area contributed by atoms with Crippen molar-refractivity contribution in [3.8, 4) is 22.6 Å². The molecule has 0 aliphatic carbocycles. The first-order valence-electron chi connectivity index (χ1n) is 12.3. The van der Waals surface area contributed by atoms with Gasteiger partial charge in [0.05, 0.1) is 17.9 Å².